The van der Waals surface area contributed by atoms with Gasteiger partial charge in [-0.2, -0.15) is 0 Å². The Morgan fingerprint density at radius 3 is 2.56 bits per heavy atom. The Morgan fingerprint density at radius 1 is 1.32 bits per heavy atom. The molecular formula is C17H27ClN2O4S. The minimum Gasteiger partial charge on any atom is -0.494 e. The topological polar surface area (TPSA) is 75.7 Å². The molecule has 0 radical (unpaired) electrons. The maximum absolute atomic E-state index is 12.3. The van der Waals surface area contributed by atoms with E-state index in [2.05, 4.69) is 5.32 Å². The SMILES string of the molecule is CN(CCCOc1ccc(S(C)(=O)=O)cc1)C(=O)C1CCCNC1.Cl. The molecule has 1 aliphatic heterocycles. The van der Waals surface area contributed by atoms with Crippen LogP contribution in [-0.2, 0) is 14.6 Å². The van der Waals surface area contributed by atoms with E-state index in [1.54, 1.807) is 17.0 Å². The van der Waals surface area contributed by atoms with Crippen molar-refractivity contribution >= 4 is 28.2 Å². The number of ether oxygens (including phenoxy) is 1. The molecular weight excluding hydrogens is 364 g/mol. The summed E-state index contributed by atoms with van der Waals surface area (Å²) in [5.41, 5.74) is 0. The lowest BCUT2D eigenvalue weighted by Crippen LogP contribution is -2.41. The van der Waals surface area contributed by atoms with E-state index in [1.165, 1.54) is 18.4 Å². The average Bonchev–Trinajstić information content (AvgIpc) is 2.58. The first kappa shape index (κ1) is 21.7. The Labute approximate surface area is 156 Å². The summed E-state index contributed by atoms with van der Waals surface area (Å²) >= 11 is 0. The molecule has 1 fully saturated rings. The van der Waals surface area contributed by atoms with Crippen molar-refractivity contribution in [3.05, 3.63) is 24.3 Å². The Kier molecular flexibility index (Phi) is 8.68. The van der Waals surface area contributed by atoms with E-state index in [-0.39, 0.29) is 29.1 Å². The fourth-order valence-electron chi connectivity index (χ4n) is 2.76. The van der Waals surface area contributed by atoms with Crippen molar-refractivity contribution in [1.82, 2.24) is 10.2 Å². The van der Waals surface area contributed by atoms with Gasteiger partial charge in [0.1, 0.15) is 5.75 Å². The highest BCUT2D eigenvalue weighted by atomic mass is 35.5. The molecule has 0 aromatic heterocycles. The lowest BCUT2D eigenvalue weighted by atomic mass is 9.98. The van der Waals surface area contributed by atoms with Gasteiger partial charge in [-0.1, -0.05) is 0 Å². The van der Waals surface area contributed by atoms with Crippen LogP contribution in [0.15, 0.2) is 29.2 Å². The lowest BCUT2D eigenvalue weighted by molar-refractivity contribution is -0.134. The van der Waals surface area contributed by atoms with Gasteiger partial charge in [0.2, 0.25) is 5.91 Å². The summed E-state index contributed by atoms with van der Waals surface area (Å²) in [7, 11) is -1.35. The van der Waals surface area contributed by atoms with E-state index in [0.29, 0.717) is 18.9 Å². The fraction of sp³-hybridized carbons (Fsp3) is 0.588. The molecule has 0 bridgehead atoms. The predicted octanol–water partition coefficient (Wildman–Crippen LogP) is 1.74. The molecule has 8 heteroatoms. The molecule has 2 rings (SSSR count). The zero-order valence-electron chi connectivity index (χ0n) is 14.7. The molecule has 6 nitrogen and oxygen atoms in total. The van der Waals surface area contributed by atoms with Crippen LogP contribution in [-0.4, -0.2) is 58.8 Å². The highest BCUT2D eigenvalue weighted by molar-refractivity contribution is 7.90. The molecule has 1 unspecified atom stereocenters. The minimum absolute atomic E-state index is 0. The van der Waals surface area contributed by atoms with Gasteiger partial charge in [0.25, 0.3) is 0 Å². The van der Waals surface area contributed by atoms with Crippen LogP contribution >= 0.6 is 12.4 Å². The molecule has 1 N–H and O–H groups in total. The molecule has 1 amide bonds. The molecule has 1 heterocycles. The number of sulfone groups is 1. The van der Waals surface area contributed by atoms with Gasteiger partial charge in [-0.15, -0.1) is 12.4 Å². The summed E-state index contributed by atoms with van der Waals surface area (Å²) < 4.78 is 28.4. The second-order valence-electron chi connectivity index (χ2n) is 6.25. The van der Waals surface area contributed by atoms with Crippen molar-refractivity contribution in [3.63, 3.8) is 0 Å². The number of hydrogen-bond donors (Lipinski definition) is 1. The zero-order chi connectivity index (χ0) is 17.6. The molecule has 1 atom stereocenters. The molecule has 1 aliphatic rings. The molecule has 1 aromatic carbocycles. The Hall–Kier alpha value is -1.31. The average molecular weight is 391 g/mol. The molecule has 0 saturated carbocycles. The van der Waals surface area contributed by atoms with Gasteiger partial charge in [0.05, 0.1) is 17.4 Å². The second-order valence-corrected chi connectivity index (χ2v) is 8.26. The lowest BCUT2D eigenvalue weighted by Gasteiger charge is -2.27. The fourth-order valence-corrected chi connectivity index (χ4v) is 3.39. The van der Waals surface area contributed by atoms with Gasteiger partial charge < -0.3 is 15.0 Å². The van der Waals surface area contributed by atoms with E-state index >= 15 is 0 Å². The van der Waals surface area contributed by atoms with Crippen molar-refractivity contribution in [2.45, 2.75) is 24.2 Å². The maximum Gasteiger partial charge on any atom is 0.226 e. The minimum atomic E-state index is -3.18. The highest BCUT2D eigenvalue weighted by Gasteiger charge is 2.23. The monoisotopic (exact) mass is 390 g/mol. The first-order valence-corrected chi connectivity index (χ1v) is 10.2. The third-order valence-electron chi connectivity index (χ3n) is 4.18. The summed E-state index contributed by atoms with van der Waals surface area (Å²) in [5.74, 6) is 0.917. The number of nitrogens with zero attached hydrogens (tertiary/aromatic N) is 1. The van der Waals surface area contributed by atoms with Crippen LogP contribution in [0.25, 0.3) is 0 Å². The standard InChI is InChI=1S/C17H26N2O4S.ClH/c1-19(17(20)14-5-3-10-18-13-14)11-4-12-23-15-6-8-16(9-7-15)24(2,21)22;/h6-9,14,18H,3-5,10-13H2,1-2H3;1H. The summed E-state index contributed by atoms with van der Waals surface area (Å²) in [6.07, 6.45) is 3.92. The quantitative estimate of drug-likeness (QED) is 0.717. The second kappa shape index (κ2) is 9.99. The van der Waals surface area contributed by atoms with E-state index in [1.807, 2.05) is 7.05 Å². The van der Waals surface area contributed by atoms with Crippen molar-refractivity contribution in [3.8, 4) is 5.75 Å². The predicted molar refractivity (Wildman–Crippen MR) is 100 cm³/mol. The number of benzene rings is 1. The van der Waals surface area contributed by atoms with E-state index < -0.39 is 9.84 Å². The highest BCUT2D eigenvalue weighted by Crippen LogP contribution is 2.16. The normalized spacial score (nSPS) is 17.4. The van der Waals surface area contributed by atoms with Crippen LogP contribution in [0.4, 0.5) is 0 Å². The first-order chi connectivity index (χ1) is 11.4. The number of rotatable bonds is 7. The number of hydrogen-bond acceptors (Lipinski definition) is 5. The number of carbonyl (C=O) groups excluding carboxylic acids is 1. The number of amides is 1. The molecule has 0 aliphatic carbocycles. The van der Waals surface area contributed by atoms with E-state index in [0.717, 1.165) is 32.4 Å². The van der Waals surface area contributed by atoms with Gasteiger partial charge >= 0.3 is 0 Å². The van der Waals surface area contributed by atoms with E-state index in [9.17, 15) is 13.2 Å². The third kappa shape index (κ3) is 6.84. The number of nitrogens with one attached hydrogen (secondary N) is 1. The van der Waals surface area contributed by atoms with Gasteiger partial charge in [-0.25, -0.2) is 8.42 Å². The van der Waals surface area contributed by atoms with Gasteiger partial charge in [-0.3, -0.25) is 4.79 Å². The molecule has 0 spiro atoms. The van der Waals surface area contributed by atoms with Gasteiger partial charge in [0.15, 0.2) is 9.84 Å². The summed E-state index contributed by atoms with van der Waals surface area (Å²) in [6.45, 7) is 2.90. The summed E-state index contributed by atoms with van der Waals surface area (Å²) in [6, 6.07) is 6.38. The smallest absolute Gasteiger partial charge is 0.226 e. The number of carbonyl (C=O) groups is 1. The van der Waals surface area contributed by atoms with Gasteiger partial charge in [0, 0.05) is 26.4 Å². The van der Waals surface area contributed by atoms with Crippen LogP contribution < -0.4 is 10.1 Å². The van der Waals surface area contributed by atoms with Crippen LogP contribution in [0.3, 0.4) is 0 Å². The van der Waals surface area contributed by atoms with E-state index in [4.69, 9.17) is 4.74 Å². The molecule has 1 saturated heterocycles. The number of piperidine rings is 1. The Morgan fingerprint density at radius 2 is 2.00 bits per heavy atom. The third-order valence-corrected chi connectivity index (χ3v) is 5.31. The van der Waals surface area contributed by atoms with Crippen molar-refractivity contribution in [2.75, 3.05) is 39.5 Å². The first-order valence-electron chi connectivity index (χ1n) is 8.26. The number of halogens is 1. The molecule has 25 heavy (non-hydrogen) atoms. The van der Waals surface area contributed by atoms with Crippen molar-refractivity contribution in [2.24, 2.45) is 5.92 Å². The van der Waals surface area contributed by atoms with Crippen LogP contribution in [0.5, 0.6) is 5.75 Å². The van der Waals surface area contributed by atoms with Crippen LogP contribution in [0.1, 0.15) is 19.3 Å². The zero-order valence-corrected chi connectivity index (χ0v) is 16.4. The largest absolute Gasteiger partial charge is 0.494 e. The van der Waals surface area contributed by atoms with Crippen molar-refractivity contribution in [1.29, 1.82) is 0 Å². The van der Waals surface area contributed by atoms with Crippen LogP contribution in [0, 0.1) is 5.92 Å². The van der Waals surface area contributed by atoms with Crippen LogP contribution in [0.2, 0.25) is 0 Å². The Bertz CT molecular complexity index is 643. The molecule has 142 valence electrons. The van der Waals surface area contributed by atoms with Gasteiger partial charge in [-0.05, 0) is 50.1 Å². The Balaban J connectivity index is 0.00000312. The molecule has 1 aromatic rings. The maximum atomic E-state index is 12.3. The van der Waals surface area contributed by atoms with Crippen molar-refractivity contribution < 1.29 is 17.9 Å². The summed E-state index contributed by atoms with van der Waals surface area (Å²) in [4.78, 5) is 14.3. The summed E-state index contributed by atoms with van der Waals surface area (Å²) in [5, 5.41) is 3.26.